The van der Waals surface area contributed by atoms with Gasteiger partial charge in [0.15, 0.2) is 11.5 Å². The second kappa shape index (κ2) is 7.89. The van der Waals surface area contributed by atoms with Gasteiger partial charge in [-0.2, -0.15) is 15.0 Å². The van der Waals surface area contributed by atoms with E-state index in [0.717, 1.165) is 28.3 Å². The number of amides is 3. The number of hydrogen-bond acceptors (Lipinski definition) is 8. The molecule has 0 unspecified atom stereocenters. The van der Waals surface area contributed by atoms with Crippen molar-refractivity contribution in [2.75, 3.05) is 36.7 Å². The topological polar surface area (TPSA) is 142 Å². The number of benzene rings is 1. The number of carbonyl (C=O) groups is 2. The third kappa shape index (κ3) is 3.70. The molecule has 0 bridgehead atoms. The number of para-hydroxylation sites is 1. The molecule has 3 amide bonds. The van der Waals surface area contributed by atoms with Gasteiger partial charge in [-0.3, -0.25) is 10.1 Å². The predicted molar refractivity (Wildman–Crippen MR) is 115 cm³/mol. The van der Waals surface area contributed by atoms with Crippen LogP contribution in [-0.4, -0.2) is 58.3 Å². The fourth-order valence-corrected chi connectivity index (χ4v) is 3.47. The Hall–Kier alpha value is -4.22. The van der Waals surface area contributed by atoms with Crippen LogP contribution in [0.5, 0.6) is 0 Å². The van der Waals surface area contributed by atoms with Gasteiger partial charge >= 0.3 is 6.03 Å². The summed E-state index contributed by atoms with van der Waals surface area (Å²) in [6.07, 6.45) is 0. The van der Waals surface area contributed by atoms with Crippen molar-refractivity contribution in [3.63, 3.8) is 0 Å². The second-order valence-electron chi connectivity index (χ2n) is 6.94. The van der Waals surface area contributed by atoms with Gasteiger partial charge in [-0.1, -0.05) is 12.1 Å². The van der Waals surface area contributed by atoms with Gasteiger partial charge in [-0.25, -0.2) is 4.79 Å². The monoisotopic (exact) mass is 422 g/mol. The SMILES string of the molecule is CNC(=O)Nc1cc(Nc2cccc3c2N(C)Cc2nn(C)nc2-3)c(C(=O)NC)nn1. The number of anilines is 4. The Bertz CT molecular complexity index is 1170. The van der Waals surface area contributed by atoms with Crippen LogP contribution in [0.25, 0.3) is 11.3 Å². The van der Waals surface area contributed by atoms with E-state index in [0.29, 0.717) is 12.2 Å². The summed E-state index contributed by atoms with van der Waals surface area (Å²) in [7, 11) is 6.76. The van der Waals surface area contributed by atoms with E-state index in [9.17, 15) is 9.59 Å². The molecule has 3 heterocycles. The fourth-order valence-electron chi connectivity index (χ4n) is 3.47. The van der Waals surface area contributed by atoms with Gasteiger partial charge in [0.1, 0.15) is 11.4 Å². The molecule has 31 heavy (non-hydrogen) atoms. The highest BCUT2D eigenvalue weighted by Gasteiger charge is 2.27. The minimum Gasteiger partial charge on any atom is -0.366 e. The first-order chi connectivity index (χ1) is 14.9. The van der Waals surface area contributed by atoms with Crippen LogP contribution in [0.15, 0.2) is 24.3 Å². The predicted octanol–water partition coefficient (Wildman–Crippen LogP) is 1.08. The molecule has 1 aliphatic heterocycles. The van der Waals surface area contributed by atoms with Crippen LogP contribution in [0, 0.1) is 0 Å². The first kappa shape index (κ1) is 20.1. The van der Waals surface area contributed by atoms with Gasteiger partial charge in [-0.05, 0) is 6.07 Å². The van der Waals surface area contributed by atoms with Crippen LogP contribution in [0.3, 0.4) is 0 Å². The third-order valence-corrected chi connectivity index (χ3v) is 4.82. The standard InChI is InChI=1S/C19H22N10O2/c1-20-18(30)16-12(8-14(24-25-16)23-19(31)21-2)22-11-7-5-6-10-15-13(26-29(4)27-15)9-28(3)17(10)11/h5-8H,9H2,1-4H3,(H,20,30)(H3,21,22,23,24,31). The summed E-state index contributed by atoms with van der Waals surface area (Å²) >= 11 is 0. The summed E-state index contributed by atoms with van der Waals surface area (Å²) < 4.78 is 0. The van der Waals surface area contributed by atoms with Crippen molar-refractivity contribution in [1.29, 1.82) is 0 Å². The maximum Gasteiger partial charge on any atom is 0.320 e. The maximum absolute atomic E-state index is 12.3. The van der Waals surface area contributed by atoms with Crippen molar-refractivity contribution >= 4 is 34.8 Å². The van der Waals surface area contributed by atoms with E-state index >= 15 is 0 Å². The first-order valence-corrected chi connectivity index (χ1v) is 9.51. The van der Waals surface area contributed by atoms with Crippen molar-refractivity contribution in [2.45, 2.75) is 6.54 Å². The largest absolute Gasteiger partial charge is 0.366 e. The van der Waals surface area contributed by atoms with Crippen molar-refractivity contribution < 1.29 is 9.59 Å². The summed E-state index contributed by atoms with van der Waals surface area (Å²) in [5.41, 5.74) is 4.79. The lowest BCUT2D eigenvalue weighted by atomic mass is 10.0. The summed E-state index contributed by atoms with van der Waals surface area (Å²) in [5, 5.41) is 27.7. The second-order valence-corrected chi connectivity index (χ2v) is 6.94. The Labute approximate surface area is 178 Å². The Kier molecular flexibility index (Phi) is 5.11. The van der Waals surface area contributed by atoms with Crippen LogP contribution in [0.2, 0.25) is 0 Å². The van der Waals surface area contributed by atoms with Gasteiger partial charge in [0.25, 0.3) is 5.91 Å². The van der Waals surface area contributed by atoms with Crippen LogP contribution < -0.4 is 26.2 Å². The number of urea groups is 1. The van der Waals surface area contributed by atoms with E-state index in [-0.39, 0.29) is 11.5 Å². The first-order valence-electron chi connectivity index (χ1n) is 9.51. The third-order valence-electron chi connectivity index (χ3n) is 4.82. The Morgan fingerprint density at radius 3 is 2.58 bits per heavy atom. The Morgan fingerprint density at radius 1 is 1.03 bits per heavy atom. The molecular weight excluding hydrogens is 400 g/mol. The minimum atomic E-state index is -0.444. The number of aryl methyl sites for hydroxylation is 1. The van der Waals surface area contributed by atoms with Gasteiger partial charge in [0.2, 0.25) is 0 Å². The summed E-state index contributed by atoms with van der Waals surface area (Å²) in [6, 6.07) is 6.89. The van der Waals surface area contributed by atoms with E-state index in [1.807, 2.05) is 25.2 Å². The molecule has 3 aromatic rings. The molecule has 1 aliphatic rings. The number of nitrogens with one attached hydrogen (secondary N) is 4. The van der Waals surface area contributed by atoms with Gasteiger partial charge in [0.05, 0.1) is 23.6 Å². The van der Waals surface area contributed by atoms with E-state index < -0.39 is 11.9 Å². The molecule has 12 nitrogen and oxygen atoms in total. The highest BCUT2D eigenvalue weighted by Crippen LogP contribution is 2.42. The van der Waals surface area contributed by atoms with E-state index in [2.05, 4.69) is 46.6 Å². The smallest absolute Gasteiger partial charge is 0.320 e. The lowest BCUT2D eigenvalue weighted by Crippen LogP contribution is -2.26. The molecule has 0 spiro atoms. The van der Waals surface area contributed by atoms with Crippen molar-refractivity contribution in [3.8, 4) is 11.3 Å². The summed E-state index contributed by atoms with van der Waals surface area (Å²) in [5.74, 6) is -0.209. The molecule has 0 saturated heterocycles. The van der Waals surface area contributed by atoms with Crippen LogP contribution in [0.4, 0.5) is 27.7 Å². The molecule has 160 valence electrons. The fraction of sp³-hybridized carbons (Fsp3) is 0.263. The highest BCUT2D eigenvalue weighted by molar-refractivity contribution is 6.00. The van der Waals surface area contributed by atoms with Crippen molar-refractivity contribution in [3.05, 3.63) is 35.7 Å². The van der Waals surface area contributed by atoms with Crippen molar-refractivity contribution in [2.24, 2.45) is 7.05 Å². The molecule has 2 aromatic heterocycles. The lowest BCUT2D eigenvalue weighted by Gasteiger charge is -2.28. The summed E-state index contributed by atoms with van der Waals surface area (Å²) in [4.78, 5) is 27.6. The number of carbonyl (C=O) groups excluding carboxylic acids is 2. The molecule has 12 heteroatoms. The molecule has 0 saturated carbocycles. The molecule has 4 N–H and O–H groups in total. The normalized spacial score (nSPS) is 11.9. The number of rotatable bonds is 4. The van der Waals surface area contributed by atoms with Gasteiger partial charge < -0.3 is 20.9 Å². The van der Waals surface area contributed by atoms with Gasteiger partial charge in [0, 0.05) is 39.8 Å². The van der Waals surface area contributed by atoms with Crippen LogP contribution in [-0.2, 0) is 13.6 Å². The average Bonchev–Trinajstić information content (AvgIpc) is 3.13. The zero-order valence-corrected chi connectivity index (χ0v) is 17.5. The maximum atomic E-state index is 12.3. The molecule has 1 aromatic carbocycles. The minimum absolute atomic E-state index is 0.0983. The molecular formula is C19H22N10O2. The Morgan fingerprint density at radius 2 is 1.84 bits per heavy atom. The van der Waals surface area contributed by atoms with Crippen LogP contribution in [0.1, 0.15) is 16.2 Å². The zero-order valence-electron chi connectivity index (χ0n) is 17.5. The van der Waals surface area contributed by atoms with Crippen molar-refractivity contribution in [1.82, 2.24) is 35.8 Å². The molecule has 4 rings (SSSR count). The molecule has 0 atom stereocenters. The molecule has 0 fully saturated rings. The zero-order chi connectivity index (χ0) is 22.1. The number of fused-ring (bicyclic) bond motifs is 3. The number of aromatic nitrogens is 5. The summed E-state index contributed by atoms with van der Waals surface area (Å²) in [6.45, 7) is 0.593. The lowest BCUT2D eigenvalue weighted by molar-refractivity contribution is 0.0958. The molecule has 0 aliphatic carbocycles. The van der Waals surface area contributed by atoms with E-state index in [4.69, 9.17) is 0 Å². The highest BCUT2D eigenvalue weighted by atomic mass is 16.2. The van der Waals surface area contributed by atoms with Crippen LogP contribution >= 0.6 is 0 Å². The van der Waals surface area contributed by atoms with E-state index in [1.165, 1.54) is 14.1 Å². The number of nitrogens with zero attached hydrogens (tertiary/aromatic N) is 6. The van der Waals surface area contributed by atoms with Gasteiger partial charge in [-0.15, -0.1) is 10.2 Å². The molecule has 0 radical (unpaired) electrons. The van der Waals surface area contributed by atoms with E-state index in [1.54, 1.807) is 17.9 Å². The average molecular weight is 422 g/mol. The number of hydrogen-bond donors (Lipinski definition) is 4. The Balaban J connectivity index is 1.78. The quantitative estimate of drug-likeness (QED) is 0.489.